The molecule has 0 amide bonds. The number of nitrogens with one attached hydrogen (secondary N) is 1. The molecule has 2 heterocycles. The van der Waals surface area contributed by atoms with Gasteiger partial charge in [-0.05, 0) is 37.4 Å². The van der Waals surface area contributed by atoms with Gasteiger partial charge in [0.15, 0.2) is 0 Å². The molecule has 0 aromatic carbocycles. The van der Waals surface area contributed by atoms with E-state index in [1.54, 1.807) is 0 Å². The number of aromatic nitrogens is 2. The molecule has 18 heavy (non-hydrogen) atoms. The topological polar surface area (TPSA) is 31.9 Å². The molecular formula is C15H27N3. The van der Waals surface area contributed by atoms with E-state index in [9.17, 15) is 0 Å². The second-order valence-corrected chi connectivity index (χ2v) is 4.63. The standard InChI is InChI=1S/C13H21N3.C2H6/c1-3-4-6-11-9-14-15-13(11)12-7-5-8-16(2)10-12;1-2/h7,9H,3-6,8,10H2,1-2H3,(H,14,15);1-2H3. The van der Waals surface area contributed by atoms with Gasteiger partial charge in [0.1, 0.15) is 0 Å². The predicted molar refractivity (Wildman–Crippen MR) is 78.6 cm³/mol. The van der Waals surface area contributed by atoms with Crippen LogP contribution in [0.25, 0.3) is 5.57 Å². The van der Waals surface area contributed by atoms with E-state index in [4.69, 9.17) is 0 Å². The summed E-state index contributed by atoms with van der Waals surface area (Å²) in [5, 5.41) is 7.35. The fraction of sp³-hybridized carbons (Fsp3) is 0.667. The second kappa shape index (κ2) is 8.09. The lowest BCUT2D eigenvalue weighted by Crippen LogP contribution is -2.25. The molecule has 2 rings (SSSR count). The van der Waals surface area contributed by atoms with E-state index in [2.05, 4.69) is 35.1 Å². The minimum Gasteiger partial charge on any atom is -0.302 e. The summed E-state index contributed by atoms with van der Waals surface area (Å²) < 4.78 is 0. The zero-order valence-corrected chi connectivity index (χ0v) is 12.3. The Balaban J connectivity index is 0.000000771. The smallest absolute Gasteiger partial charge is 0.0651 e. The number of aryl methyl sites for hydroxylation is 1. The van der Waals surface area contributed by atoms with Crippen LogP contribution in [0.3, 0.4) is 0 Å². The van der Waals surface area contributed by atoms with Crippen LogP contribution in [0, 0.1) is 0 Å². The number of H-pyrrole nitrogens is 1. The molecule has 0 radical (unpaired) electrons. The first-order valence-electron chi connectivity index (χ1n) is 7.21. The Hall–Kier alpha value is -1.09. The van der Waals surface area contributed by atoms with Gasteiger partial charge in [-0.2, -0.15) is 5.10 Å². The predicted octanol–water partition coefficient (Wildman–Crippen LogP) is 3.50. The van der Waals surface area contributed by atoms with Gasteiger partial charge in [-0.1, -0.05) is 33.3 Å². The molecule has 0 spiro atoms. The lowest BCUT2D eigenvalue weighted by atomic mass is 10.0. The van der Waals surface area contributed by atoms with Crippen molar-refractivity contribution in [1.29, 1.82) is 0 Å². The van der Waals surface area contributed by atoms with Crippen molar-refractivity contribution in [3.05, 3.63) is 23.5 Å². The van der Waals surface area contributed by atoms with Gasteiger partial charge in [-0.25, -0.2) is 0 Å². The fourth-order valence-electron chi connectivity index (χ4n) is 2.22. The molecule has 0 saturated carbocycles. The van der Waals surface area contributed by atoms with Crippen LogP contribution in [0.1, 0.15) is 51.3 Å². The third kappa shape index (κ3) is 3.98. The highest BCUT2D eigenvalue weighted by Gasteiger charge is 2.14. The van der Waals surface area contributed by atoms with Gasteiger partial charge in [0.25, 0.3) is 0 Å². The van der Waals surface area contributed by atoms with Crippen LogP contribution in [0.15, 0.2) is 12.3 Å². The van der Waals surface area contributed by atoms with Crippen molar-refractivity contribution in [3.8, 4) is 0 Å². The third-order valence-corrected chi connectivity index (χ3v) is 3.18. The lowest BCUT2D eigenvalue weighted by molar-refractivity contribution is 0.372. The maximum atomic E-state index is 4.19. The molecule has 0 fully saturated rings. The van der Waals surface area contributed by atoms with E-state index >= 15 is 0 Å². The minimum absolute atomic E-state index is 1.04. The monoisotopic (exact) mass is 249 g/mol. The Morgan fingerprint density at radius 2 is 2.17 bits per heavy atom. The second-order valence-electron chi connectivity index (χ2n) is 4.63. The highest BCUT2D eigenvalue weighted by atomic mass is 15.1. The van der Waals surface area contributed by atoms with Crippen molar-refractivity contribution in [2.75, 3.05) is 20.1 Å². The number of aromatic amines is 1. The first-order valence-corrected chi connectivity index (χ1v) is 7.21. The van der Waals surface area contributed by atoms with Crippen LogP contribution >= 0.6 is 0 Å². The average molecular weight is 249 g/mol. The zero-order chi connectivity index (χ0) is 13.4. The quantitative estimate of drug-likeness (QED) is 0.885. The molecule has 1 aliphatic heterocycles. The summed E-state index contributed by atoms with van der Waals surface area (Å²) in [5.74, 6) is 0. The summed E-state index contributed by atoms with van der Waals surface area (Å²) in [7, 11) is 2.18. The van der Waals surface area contributed by atoms with Crippen LogP contribution in [0.4, 0.5) is 0 Å². The summed E-state index contributed by atoms with van der Waals surface area (Å²) in [6, 6.07) is 0. The molecule has 3 heteroatoms. The van der Waals surface area contributed by atoms with E-state index in [0.717, 1.165) is 19.4 Å². The molecule has 1 N–H and O–H groups in total. The molecule has 1 aromatic heterocycles. The number of likely N-dealkylation sites (N-methyl/N-ethyl adjacent to an activating group) is 1. The van der Waals surface area contributed by atoms with Crippen molar-refractivity contribution in [2.45, 2.75) is 46.5 Å². The maximum Gasteiger partial charge on any atom is 0.0651 e. The molecule has 1 aliphatic rings. The van der Waals surface area contributed by atoms with Crippen molar-refractivity contribution in [1.82, 2.24) is 15.1 Å². The first kappa shape index (κ1) is 15.0. The molecule has 3 nitrogen and oxygen atoms in total. The van der Waals surface area contributed by atoms with Crippen LogP contribution in [0.2, 0.25) is 0 Å². The van der Waals surface area contributed by atoms with Crippen LogP contribution < -0.4 is 0 Å². The number of hydrogen-bond acceptors (Lipinski definition) is 2. The summed E-state index contributed by atoms with van der Waals surface area (Å²) in [4.78, 5) is 2.36. The van der Waals surface area contributed by atoms with Crippen LogP contribution in [-0.4, -0.2) is 35.2 Å². The van der Waals surface area contributed by atoms with Gasteiger partial charge >= 0.3 is 0 Å². The lowest BCUT2D eigenvalue weighted by Gasteiger charge is -2.22. The first-order chi connectivity index (χ1) is 8.81. The molecule has 102 valence electrons. The molecule has 0 unspecified atom stereocenters. The van der Waals surface area contributed by atoms with E-state index < -0.39 is 0 Å². The molecule has 0 saturated heterocycles. The number of nitrogens with zero attached hydrogens (tertiary/aromatic N) is 2. The van der Waals surface area contributed by atoms with Crippen LogP contribution in [0.5, 0.6) is 0 Å². The molecule has 1 aromatic rings. The number of rotatable bonds is 4. The van der Waals surface area contributed by atoms with E-state index in [0.29, 0.717) is 0 Å². The SMILES string of the molecule is CC.CCCCc1cn[nH]c1C1=CCCN(C)C1. The highest BCUT2D eigenvalue weighted by molar-refractivity contribution is 5.67. The Labute approximate surface area is 111 Å². The molecule has 0 bridgehead atoms. The summed E-state index contributed by atoms with van der Waals surface area (Å²) in [6.07, 6.45) is 9.12. The van der Waals surface area contributed by atoms with Gasteiger partial charge in [-0.3, -0.25) is 5.10 Å². The Bertz CT molecular complexity index is 366. The van der Waals surface area contributed by atoms with Gasteiger partial charge in [0.2, 0.25) is 0 Å². The largest absolute Gasteiger partial charge is 0.302 e. The van der Waals surface area contributed by atoms with Crippen molar-refractivity contribution in [2.24, 2.45) is 0 Å². The Morgan fingerprint density at radius 1 is 1.39 bits per heavy atom. The van der Waals surface area contributed by atoms with Gasteiger partial charge in [0, 0.05) is 13.1 Å². The van der Waals surface area contributed by atoms with Crippen molar-refractivity contribution >= 4 is 5.57 Å². The van der Waals surface area contributed by atoms with Crippen LogP contribution in [-0.2, 0) is 6.42 Å². The van der Waals surface area contributed by atoms with E-state index in [-0.39, 0.29) is 0 Å². The van der Waals surface area contributed by atoms with E-state index in [1.165, 1.54) is 36.2 Å². The average Bonchev–Trinajstić information content (AvgIpc) is 2.87. The number of unbranched alkanes of at least 4 members (excludes halogenated alkanes) is 1. The van der Waals surface area contributed by atoms with Gasteiger partial charge in [-0.15, -0.1) is 0 Å². The van der Waals surface area contributed by atoms with Gasteiger partial charge in [0.05, 0.1) is 11.9 Å². The minimum atomic E-state index is 1.04. The van der Waals surface area contributed by atoms with Crippen molar-refractivity contribution in [3.63, 3.8) is 0 Å². The zero-order valence-electron chi connectivity index (χ0n) is 12.3. The molecule has 0 aliphatic carbocycles. The summed E-state index contributed by atoms with van der Waals surface area (Å²) >= 11 is 0. The Kier molecular flexibility index (Phi) is 6.73. The fourth-order valence-corrected chi connectivity index (χ4v) is 2.22. The highest BCUT2D eigenvalue weighted by Crippen LogP contribution is 2.22. The normalized spacial score (nSPS) is 15.9. The summed E-state index contributed by atoms with van der Waals surface area (Å²) in [5.41, 5.74) is 4.06. The Morgan fingerprint density at radius 3 is 2.83 bits per heavy atom. The number of hydrogen-bond donors (Lipinski definition) is 1. The molecular weight excluding hydrogens is 222 g/mol. The van der Waals surface area contributed by atoms with E-state index in [1.807, 2.05) is 20.0 Å². The van der Waals surface area contributed by atoms with Crippen molar-refractivity contribution < 1.29 is 0 Å². The summed E-state index contributed by atoms with van der Waals surface area (Å²) in [6.45, 7) is 8.44. The third-order valence-electron chi connectivity index (χ3n) is 3.18. The van der Waals surface area contributed by atoms with Gasteiger partial charge < -0.3 is 4.90 Å². The molecule has 0 atom stereocenters. The maximum absolute atomic E-state index is 4.19.